The minimum absolute atomic E-state index is 0.334. The summed E-state index contributed by atoms with van der Waals surface area (Å²) < 4.78 is 20.2. The molecule has 2 aromatic carbocycles. The van der Waals surface area contributed by atoms with Crippen LogP contribution in [0.2, 0.25) is 0 Å². The van der Waals surface area contributed by atoms with Crippen LogP contribution in [0, 0.1) is 0 Å². The molecule has 154 valence electrons. The van der Waals surface area contributed by atoms with E-state index in [2.05, 4.69) is 0 Å². The highest BCUT2D eigenvalue weighted by Crippen LogP contribution is 2.53. The Bertz CT molecular complexity index is 1190. The Hall–Kier alpha value is -4.15. The summed E-state index contributed by atoms with van der Waals surface area (Å²) in [6.07, 6.45) is 0. The molecule has 0 radical (unpaired) electrons. The first kappa shape index (κ1) is 19.6. The molecule has 0 aliphatic carbocycles. The number of hydrogen-bond donors (Lipinski definition) is 6. The van der Waals surface area contributed by atoms with Crippen molar-refractivity contribution in [3.63, 3.8) is 0 Å². The molecule has 0 unspecified atom stereocenters. The second kappa shape index (κ2) is 6.78. The van der Waals surface area contributed by atoms with Gasteiger partial charge in [0.15, 0.2) is 28.6 Å². The zero-order chi connectivity index (χ0) is 21.6. The molecule has 11 nitrogen and oxygen atoms in total. The van der Waals surface area contributed by atoms with Gasteiger partial charge in [0, 0.05) is 0 Å². The molecule has 11 heteroatoms. The maximum absolute atomic E-state index is 12.9. The zero-order valence-electron chi connectivity index (χ0n) is 15.3. The van der Waals surface area contributed by atoms with Crippen LogP contribution in [0.3, 0.4) is 0 Å². The molecular weight excluding hydrogens is 392 g/mol. The van der Waals surface area contributed by atoms with E-state index in [-0.39, 0.29) is 5.56 Å². The van der Waals surface area contributed by atoms with E-state index in [0.717, 1.165) is 27.4 Å². The van der Waals surface area contributed by atoms with Crippen LogP contribution in [-0.4, -0.2) is 52.0 Å². The third-order valence-electron chi connectivity index (χ3n) is 4.24. The van der Waals surface area contributed by atoms with Crippen molar-refractivity contribution < 1.29 is 49.3 Å². The second-order valence-electron chi connectivity index (χ2n) is 5.75. The van der Waals surface area contributed by atoms with Crippen molar-refractivity contribution in [2.45, 2.75) is 0 Å². The van der Waals surface area contributed by atoms with Crippen LogP contribution in [0.4, 0.5) is 0 Å². The molecule has 0 amide bonds. The van der Waals surface area contributed by atoms with Gasteiger partial charge in [-0.25, -0.2) is 0 Å². The molecule has 1 aromatic heterocycles. The van der Waals surface area contributed by atoms with Crippen molar-refractivity contribution >= 4 is 11.0 Å². The summed E-state index contributed by atoms with van der Waals surface area (Å²) in [5, 5.41) is 60.0. The van der Waals surface area contributed by atoms with E-state index < -0.39 is 73.9 Å². The Labute approximate surface area is 161 Å². The molecule has 0 aliphatic heterocycles. The average molecular weight is 408 g/mol. The summed E-state index contributed by atoms with van der Waals surface area (Å²) in [5.74, 6) is -6.92. The first-order valence-electron chi connectivity index (χ1n) is 7.87. The van der Waals surface area contributed by atoms with E-state index in [1.54, 1.807) is 0 Å². The van der Waals surface area contributed by atoms with E-state index in [1.165, 1.54) is 0 Å². The lowest BCUT2D eigenvalue weighted by Crippen LogP contribution is -2.08. The molecule has 6 N–H and O–H groups in total. The van der Waals surface area contributed by atoms with Crippen LogP contribution in [0.1, 0.15) is 0 Å². The quantitative estimate of drug-likeness (QED) is 0.273. The smallest absolute Gasteiger partial charge is 0.239 e. The Morgan fingerprint density at radius 1 is 0.724 bits per heavy atom. The standard InChI is InChI=1S/C18H16O11/c1-26-16-8(20)5(4-6(19)9(16)21)14-18(28-3)11(23)7-10(22)12(24)17(27-2)13(25)15(7)29-14/h4,19-22,24-25H,1-3H3. The summed E-state index contributed by atoms with van der Waals surface area (Å²) in [6.45, 7) is 0. The topological polar surface area (TPSA) is 179 Å². The first-order valence-corrected chi connectivity index (χ1v) is 7.87. The van der Waals surface area contributed by atoms with Crippen LogP contribution < -0.4 is 19.6 Å². The molecule has 3 rings (SSSR count). The van der Waals surface area contributed by atoms with Crippen LogP contribution >= 0.6 is 0 Å². The highest BCUT2D eigenvalue weighted by Gasteiger charge is 2.30. The van der Waals surface area contributed by atoms with Crippen molar-refractivity contribution in [3.8, 4) is 63.1 Å². The lowest BCUT2D eigenvalue weighted by Gasteiger charge is -2.16. The highest BCUT2D eigenvalue weighted by atomic mass is 16.5. The van der Waals surface area contributed by atoms with Crippen LogP contribution in [0.25, 0.3) is 22.3 Å². The third-order valence-corrected chi connectivity index (χ3v) is 4.24. The Morgan fingerprint density at radius 3 is 1.83 bits per heavy atom. The second-order valence-corrected chi connectivity index (χ2v) is 5.75. The molecule has 0 saturated heterocycles. The van der Waals surface area contributed by atoms with Gasteiger partial charge >= 0.3 is 0 Å². The van der Waals surface area contributed by atoms with E-state index in [0.29, 0.717) is 0 Å². The molecule has 0 saturated carbocycles. The summed E-state index contributed by atoms with van der Waals surface area (Å²) in [5.41, 5.74) is -1.94. The summed E-state index contributed by atoms with van der Waals surface area (Å²) >= 11 is 0. The predicted octanol–water partition coefficient (Wildman–Crippen LogP) is 1.72. The number of phenols is 6. The van der Waals surface area contributed by atoms with E-state index in [1.807, 2.05) is 0 Å². The lowest BCUT2D eigenvalue weighted by molar-refractivity contribution is 0.327. The minimum atomic E-state index is -1.01. The van der Waals surface area contributed by atoms with Crippen molar-refractivity contribution in [1.82, 2.24) is 0 Å². The molecular formula is C18H16O11. The van der Waals surface area contributed by atoms with Crippen molar-refractivity contribution in [1.29, 1.82) is 0 Å². The summed E-state index contributed by atoms with van der Waals surface area (Å²) in [7, 11) is 3.30. The molecule has 0 fully saturated rings. The molecule has 3 aromatic rings. The van der Waals surface area contributed by atoms with E-state index in [9.17, 15) is 35.4 Å². The van der Waals surface area contributed by atoms with Crippen LogP contribution in [-0.2, 0) is 0 Å². The maximum Gasteiger partial charge on any atom is 0.239 e. The summed E-state index contributed by atoms with van der Waals surface area (Å²) in [4.78, 5) is 12.9. The Morgan fingerprint density at radius 2 is 1.28 bits per heavy atom. The van der Waals surface area contributed by atoms with Gasteiger partial charge in [-0.3, -0.25) is 4.79 Å². The maximum atomic E-state index is 12.9. The minimum Gasteiger partial charge on any atom is -0.504 e. The molecule has 0 bridgehead atoms. The largest absolute Gasteiger partial charge is 0.504 e. The zero-order valence-corrected chi connectivity index (χ0v) is 15.3. The van der Waals surface area contributed by atoms with Crippen molar-refractivity contribution in [2.24, 2.45) is 0 Å². The highest BCUT2D eigenvalue weighted by molar-refractivity contribution is 5.96. The number of ether oxygens (including phenoxy) is 3. The SMILES string of the molecule is COc1c(O)c(O)cc(-c2oc3c(O)c(OC)c(O)c(O)c3c(=O)c2OC)c1O. The fraction of sp³-hybridized carbons (Fsp3) is 0.167. The molecule has 29 heavy (non-hydrogen) atoms. The van der Waals surface area contributed by atoms with Gasteiger partial charge in [-0.05, 0) is 6.07 Å². The number of fused-ring (bicyclic) bond motifs is 1. The van der Waals surface area contributed by atoms with Crippen LogP contribution in [0.15, 0.2) is 15.3 Å². The number of hydrogen-bond acceptors (Lipinski definition) is 11. The number of benzene rings is 2. The van der Waals surface area contributed by atoms with Crippen LogP contribution in [0.5, 0.6) is 51.7 Å². The van der Waals surface area contributed by atoms with Gasteiger partial charge in [-0.15, -0.1) is 0 Å². The Balaban J connectivity index is 2.54. The van der Waals surface area contributed by atoms with E-state index >= 15 is 0 Å². The molecule has 0 aliphatic rings. The van der Waals surface area contributed by atoms with Crippen molar-refractivity contribution in [2.75, 3.05) is 21.3 Å². The number of aromatic hydroxyl groups is 6. The van der Waals surface area contributed by atoms with Gasteiger partial charge in [0.1, 0.15) is 5.39 Å². The predicted molar refractivity (Wildman–Crippen MR) is 97.6 cm³/mol. The molecule has 1 heterocycles. The average Bonchev–Trinajstić information content (AvgIpc) is 2.69. The number of phenolic OH excluding ortho intramolecular Hbond substituents is 6. The van der Waals surface area contributed by atoms with Gasteiger partial charge in [-0.2, -0.15) is 0 Å². The van der Waals surface area contributed by atoms with Gasteiger partial charge in [0.25, 0.3) is 0 Å². The third kappa shape index (κ3) is 2.63. The lowest BCUT2D eigenvalue weighted by atomic mass is 10.1. The van der Waals surface area contributed by atoms with Gasteiger partial charge in [0.05, 0.1) is 26.9 Å². The molecule has 0 spiro atoms. The van der Waals surface area contributed by atoms with Gasteiger partial charge in [0.2, 0.25) is 39.9 Å². The van der Waals surface area contributed by atoms with Gasteiger partial charge < -0.3 is 49.3 Å². The monoisotopic (exact) mass is 408 g/mol. The summed E-state index contributed by atoms with van der Waals surface area (Å²) in [6, 6.07) is 0.869. The number of rotatable bonds is 4. The Kier molecular flexibility index (Phi) is 4.59. The van der Waals surface area contributed by atoms with E-state index in [4.69, 9.17) is 18.6 Å². The normalized spacial score (nSPS) is 10.9. The van der Waals surface area contributed by atoms with Crippen molar-refractivity contribution in [3.05, 3.63) is 16.3 Å². The van der Waals surface area contributed by atoms with Gasteiger partial charge in [-0.1, -0.05) is 0 Å². The number of methoxy groups -OCH3 is 3. The first-order chi connectivity index (χ1) is 13.7. The fourth-order valence-corrected chi connectivity index (χ4v) is 2.89. The molecule has 0 atom stereocenters. The fourth-order valence-electron chi connectivity index (χ4n) is 2.89.